The molecule has 0 amide bonds. The van der Waals surface area contributed by atoms with Crippen LogP contribution < -0.4 is 5.73 Å². The highest BCUT2D eigenvalue weighted by Gasteiger charge is 2.33. The van der Waals surface area contributed by atoms with E-state index in [2.05, 4.69) is 25.9 Å². The lowest BCUT2D eigenvalue weighted by molar-refractivity contribution is -0.137. The lowest BCUT2D eigenvalue weighted by Gasteiger charge is -2.20. The predicted octanol–water partition coefficient (Wildman–Crippen LogP) is 7.47. The SMILES string of the molecule is CSc1nn(-c2c(Cl)cc(C(F)(F)F)cc2Cl)c(N)c1-c1cccc(C(C)(C)C)c1. The van der Waals surface area contributed by atoms with Gasteiger partial charge in [-0.25, -0.2) is 4.68 Å². The van der Waals surface area contributed by atoms with Gasteiger partial charge < -0.3 is 5.73 Å². The van der Waals surface area contributed by atoms with Crippen LogP contribution in [0.4, 0.5) is 19.0 Å². The van der Waals surface area contributed by atoms with Gasteiger partial charge in [-0.2, -0.15) is 18.3 Å². The fraction of sp³-hybridized carbons (Fsp3) is 0.286. The van der Waals surface area contributed by atoms with E-state index in [0.29, 0.717) is 10.6 Å². The first-order valence-corrected chi connectivity index (χ1v) is 10.9. The van der Waals surface area contributed by atoms with E-state index in [0.717, 1.165) is 23.3 Å². The van der Waals surface area contributed by atoms with E-state index in [1.807, 2.05) is 30.5 Å². The van der Waals surface area contributed by atoms with Crippen LogP contribution in [0.3, 0.4) is 0 Å². The highest BCUT2D eigenvalue weighted by Crippen LogP contribution is 2.42. The minimum Gasteiger partial charge on any atom is -0.383 e. The predicted molar refractivity (Wildman–Crippen MR) is 119 cm³/mol. The van der Waals surface area contributed by atoms with Gasteiger partial charge in [-0.1, -0.05) is 68.2 Å². The smallest absolute Gasteiger partial charge is 0.383 e. The van der Waals surface area contributed by atoms with Crippen molar-refractivity contribution < 1.29 is 13.2 Å². The van der Waals surface area contributed by atoms with Crippen LogP contribution in [-0.4, -0.2) is 16.0 Å². The molecule has 0 saturated heterocycles. The van der Waals surface area contributed by atoms with Crippen molar-refractivity contribution in [1.82, 2.24) is 9.78 Å². The molecule has 30 heavy (non-hydrogen) atoms. The molecule has 0 saturated carbocycles. The largest absolute Gasteiger partial charge is 0.416 e. The third-order valence-electron chi connectivity index (χ3n) is 4.66. The second-order valence-corrected chi connectivity index (χ2v) is 9.41. The Bertz CT molecular complexity index is 1080. The van der Waals surface area contributed by atoms with Crippen molar-refractivity contribution in [3.05, 3.63) is 57.6 Å². The van der Waals surface area contributed by atoms with Crippen LogP contribution in [0.1, 0.15) is 31.9 Å². The number of benzene rings is 2. The van der Waals surface area contributed by atoms with E-state index >= 15 is 0 Å². The maximum atomic E-state index is 13.1. The topological polar surface area (TPSA) is 43.8 Å². The Labute approximate surface area is 187 Å². The summed E-state index contributed by atoms with van der Waals surface area (Å²) in [4.78, 5) is 0. The second kappa shape index (κ2) is 8.02. The molecule has 0 fully saturated rings. The fourth-order valence-electron chi connectivity index (χ4n) is 3.07. The molecule has 1 heterocycles. The van der Waals surface area contributed by atoms with Gasteiger partial charge in [-0.15, -0.1) is 11.8 Å². The number of nitrogen functional groups attached to an aromatic ring is 1. The third-order valence-corrected chi connectivity index (χ3v) is 5.90. The van der Waals surface area contributed by atoms with Gasteiger partial charge in [0.15, 0.2) is 0 Å². The first kappa shape index (κ1) is 22.8. The molecule has 0 radical (unpaired) electrons. The van der Waals surface area contributed by atoms with E-state index in [1.54, 1.807) is 0 Å². The van der Waals surface area contributed by atoms with Crippen LogP contribution in [0, 0.1) is 0 Å². The first-order valence-electron chi connectivity index (χ1n) is 8.94. The van der Waals surface area contributed by atoms with Crippen molar-refractivity contribution in [1.29, 1.82) is 0 Å². The van der Waals surface area contributed by atoms with E-state index < -0.39 is 11.7 Å². The number of thioether (sulfide) groups is 1. The van der Waals surface area contributed by atoms with E-state index in [9.17, 15) is 13.2 Å². The maximum absolute atomic E-state index is 13.1. The summed E-state index contributed by atoms with van der Waals surface area (Å²) < 4.78 is 40.5. The molecule has 3 nitrogen and oxygen atoms in total. The fourth-order valence-corrected chi connectivity index (χ4v) is 4.30. The van der Waals surface area contributed by atoms with E-state index in [1.165, 1.54) is 16.4 Å². The molecule has 0 bridgehead atoms. The van der Waals surface area contributed by atoms with Crippen LogP contribution in [0.25, 0.3) is 16.8 Å². The average Bonchev–Trinajstić information content (AvgIpc) is 2.96. The third kappa shape index (κ3) is 4.29. The van der Waals surface area contributed by atoms with Crippen molar-refractivity contribution >= 4 is 40.8 Å². The van der Waals surface area contributed by atoms with Gasteiger partial charge in [0.25, 0.3) is 0 Å². The molecule has 2 N–H and O–H groups in total. The summed E-state index contributed by atoms with van der Waals surface area (Å²) >= 11 is 13.7. The van der Waals surface area contributed by atoms with Crippen molar-refractivity contribution in [3.8, 4) is 16.8 Å². The van der Waals surface area contributed by atoms with Gasteiger partial charge in [0.2, 0.25) is 0 Å². The summed E-state index contributed by atoms with van der Waals surface area (Å²) in [7, 11) is 0. The molecule has 3 rings (SSSR count). The zero-order valence-electron chi connectivity index (χ0n) is 16.7. The lowest BCUT2D eigenvalue weighted by Crippen LogP contribution is -2.11. The average molecular weight is 474 g/mol. The molecular weight excluding hydrogens is 454 g/mol. The molecule has 2 aromatic carbocycles. The van der Waals surface area contributed by atoms with Crippen LogP contribution >= 0.6 is 35.0 Å². The van der Waals surface area contributed by atoms with E-state index in [4.69, 9.17) is 28.9 Å². The summed E-state index contributed by atoms with van der Waals surface area (Å²) in [5.74, 6) is 0.244. The van der Waals surface area contributed by atoms with E-state index in [-0.39, 0.29) is 27.0 Å². The Kier molecular flexibility index (Phi) is 6.11. The zero-order chi connectivity index (χ0) is 22.4. The minimum atomic E-state index is -4.57. The number of rotatable bonds is 3. The number of anilines is 1. The van der Waals surface area contributed by atoms with Gasteiger partial charge >= 0.3 is 6.18 Å². The van der Waals surface area contributed by atoms with Crippen molar-refractivity contribution in [2.45, 2.75) is 37.4 Å². The number of aromatic nitrogens is 2. The summed E-state index contributed by atoms with van der Waals surface area (Å²) in [5.41, 5.74) is 8.17. The Morgan fingerprint density at radius 2 is 1.60 bits per heavy atom. The van der Waals surface area contributed by atoms with Crippen molar-refractivity contribution in [3.63, 3.8) is 0 Å². The highest BCUT2D eigenvalue weighted by molar-refractivity contribution is 7.98. The van der Waals surface area contributed by atoms with Gasteiger partial charge in [0.05, 0.1) is 21.2 Å². The number of nitrogens with two attached hydrogens (primary N) is 1. The van der Waals surface area contributed by atoms with Gasteiger partial charge in [0.1, 0.15) is 16.5 Å². The Morgan fingerprint density at radius 1 is 1.00 bits per heavy atom. The highest BCUT2D eigenvalue weighted by atomic mass is 35.5. The minimum absolute atomic E-state index is 0.0691. The Balaban J connectivity index is 2.22. The van der Waals surface area contributed by atoms with Crippen LogP contribution in [0.2, 0.25) is 10.0 Å². The zero-order valence-corrected chi connectivity index (χ0v) is 19.1. The van der Waals surface area contributed by atoms with Gasteiger partial charge in [0, 0.05) is 0 Å². The molecule has 0 aliphatic rings. The quantitative estimate of drug-likeness (QED) is 0.401. The van der Waals surface area contributed by atoms with Gasteiger partial charge in [-0.05, 0) is 34.9 Å². The second-order valence-electron chi connectivity index (χ2n) is 7.80. The molecule has 0 aliphatic heterocycles. The lowest BCUT2D eigenvalue weighted by atomic mass is 9.85. The number of nitrogens with zero attached hydrogens (tertiary/aromatic N) is 2. The summed E-state index contributed by atoms with van der Waals surface area (Å²) in [5, 5.41) is 4.72. The molecule has 160 valence electrons. The summed E-state index contributed by atoms with van der Waals surface area (Å²) in [6.45, 7) is 6.32. The molecule has 0 spiro atoms. The Morgan fingerprint density at radius 3 is 2.10 bits per heavy atom. The summed E-state index contributed by atoms with van der Waals surface area (Å²) in [6, 6.07) is 9.57. The van der Waals surface area contributed by atoms with Gasteiger partial charge in [-0.3, -0.25) is 0 Å². The summed E-state index contributed by atoms with van der Waals surface area (Å²) in [6.07, 6.45) is -2.72. The first-order chi connectivity index (χ1) is 13.8. The monoisotopic (exact) mass is 473 g/mol. The number of alkyl halides is 3. The molecule has 0 atom stereocenters. The standard InChI is InChI=1S/C21H20Cl2F3N3S/c1-20(2,3)12-7-5-6-11(8-12)16-18(27)29(28-19(16)30-4)17-14(22)9-13(10-15(17)23)21(24,25)26/h5-10H,27H2,1-4H3. The van der Waals surface area contributed by atoms with Crippen molar-refractivity contribution in [2.24, 2.45) is 0 Å². The number of hydrogen-bond donors (Lipinski definition) is 1. The molecule has 0 aliphatic carbocycles. The molecule has 9 heteroatoms. The molecule has 1 aromatic heterocycles. The molecular formula is C21H20Cl2F3N3S. The van der Waals surface area contributed by atoms with Crippen LogP contribution in [0.5, 0.6) is 0 Å². The molecule has 0 unspecified atom stereocenters. The Hall–Kier alpha value is -1.83. The number of hydrogen-bond acceptors (Lipinski definition) is 3. The maximum Gasteiger partial charge on any atom is 0.416 e. The normalized spacial score (nSPS) is 12.4. The van der Waals surface area contributed by atoms with Crippen LogP contribution in [0.15, 0.2) is 41.4 Å². The van der Waals surface area contributed by atoms with Crippen LogP contribution in [-0.2, 0) is 11.6 Å². The molecule has 3 aromatic rings. The van der Waals surface area contributed by atoms with Crippen molar-refractivity contribution in [2.75, 3.05) is 12.0 Å². The number of halogens is 5.